The molecule has 0 saturated carbocycles. The fourth-order valence-electron chi connectivity index (χ4n) is 2.57. The zero-order chi connectivity index (χ0) is 20.2. The molecule has 8 N–H and O–H groups in total. The lowest BCUT2D eigenvalue weighted by Crippen LogP contribution is -2.32. The third-order valence-electron chi connectivity index (χ3n) is 4.26. The highest BCUT2D eigenvalue weighted by Gasteiger charge is 1.97. The molecule has 0 saturated heterocycles. The first-order valence-corrected chi connectivity index (χ1v) is 10.4. The topological polar surface area (TPSA) is 139 Å². The zero-order valence-electron chi connectivity index (χ0n) is 17.5. The van der Waals surface area contributed by atoms with Gasteiger partial charge in [-0.1, -0.05) is 58.3 Å². The van der Waals surface area contributed by atoms with E-state index in [0.717, 1.165) is 51.6 Å². The highest BCUT2D eigenvalue weighted by molar-refractivity contribution is 5.83. The number of nitrogens with two attached hydrogens (primary N) is 3. The van der Waals surface area contributed by atoms with Gasteiger partial charge in [0.05, 0.1) is 0 Å². The van der Waals surface area contributed by atoms with Gasteiger partial charge in [0.1, 0.15) is 5.84 Å². The maximum atomic E-state index is 5.90. The number of guanidine groups is 2. The SMILES string of the molecule is CCCCCCCCN=C(N)NN=C(N)CCCCCCCNC(N)=NC. The minimum atomic E-state index is 0.342. The molecule has 0 aromatic carbocycles. The molecule has 8 nitrogen and oxygen atoms in total. The molecule has 0 fully saturated rings. The molecule has 0 radical (unpaired) electrons. The van der Waals surface area contributed by atoms with Gasteiger partial charge in [0, 0.05) is 26.6 Å². The number of amidine groups is 1. The number of hydrogen-bond donors (Lipinski definition) is 5. The van der Waals surface area contributed by atoms with Gasteiger partial charge in [-0.25, -0.2) is 5.43 Å². The second kappa shape index (κ2) is 18.8. The maximum absolute atomic E-state index is 5.90. The quantitative estimate of drug-likeness (QED) is 0.121. The highest BCUT2D eigenvalue weighted by atomic mass is 15.4. The fourth-order valence-corrected chi connectivity index (χ4v) is 2.57. The molecule has 0 amide bonds. The van der Waals surface area contributed by atoms with Crippen molar-refractivity contribution in [3.8, 4) is 0 Å². The molecule has 0 atom stereocenters. The predicted octanol–water partition coefficient (Wildman–Crippen LogP) is 2.40. The number of unbranched alkanes of at least 4 members (excludes halogenated alkanes) is 9. The smallest absolute Gasteiger partial charge is 0.209 e. The van der Waals surface area contributed by atoms with Crippen molar-refractivity contribution in [2.45, 2.75) is 84.0 Å². The van der Waals surface area contributed by atoms with Gasteiger partial charge in [-0.3, -0.25) is 9.98 Å². The number of hydrogen-bond acceptors (Lipinski definition) is 3. The van der Waals surface area contributed by atoms with Gasteiger partial charge in [-0.2, -0.15) is 5.10 Å². The van der Waals surface area contributed by atoms with Crippen molar-refractivity contribution in [1.29, 1.82) is 0 Å². The molecule has 0 heterocycles. The summed E-state index contributed by atoms with van der Waals surface area (Å²) >= 11 is 0. The van der Waals surface area contributed by atoms with E-state index >= 15 is 0 Å². The van der Waals surface area contributed by atoms with Crippen LogP contribution < -0.4 is 27.9 Å². The summed E-state index contributed by atoms with van der Waals surface area (Å²) in [4.78, 5) is 8.12. The normalized spacial score (nSPS) is 13.0. The molecule has 27 heavy (non-hydrogen) atoms. The van der Waals surface area contributed by atoms with Gasteiger partial charge < -0.3 is 22.5 Å². The Morgan fingerprint density at radius 1 is 0.778 bits per heavy atom. The second-order valence-electron chi connectivity index (χ2n) is 6.80. The Bertz CT molecular complexity index is 431. The summed E-state index contributed by atoms with van der Waals surface area (Å²) in [5.41, 5.74) is 20.0. The van der Waals surface area contributed by atoms with Crippen molar-refractivity contribution < 1.29 is 0 Å². The summed E-state index contributed by atoms with van der Waals surface area (Å²) in [6, 6.07) is 0. The van der Waals surface area contributed by atoms with Crippen LogP contribution in [0.15, 0.2) is 15.1 Å². The molecule has 158 valence electrons. The summed E-state index contributed by atoms with van der Waals surface area (Å²) in [6.45, 7) is 3.84. The van der Waals surface area contributed by atoms with E-state index in [1.165, 1.54) is 38.5 Å². The molecule has 0 aromatic rings. The minimum absolute atomic E-state index is 0.342. The summed E-state index contributed by atoms with van der Waals surface area (Å²) in [7, 11) is 1.68. The van der Waals surface area contributed by atoms with Gasteiger partial charge in [0.2, 0.25) is 5.96 Å². The molecule has 0 rings (SSSR count). The Morgan fingerprint density at radius 2 is 1.41 bits per heavy atom. The van der Waals surface area contributed by atoms with Crippen LogP contribution in [0.1, 0.15) is 84.0 Å². The van der Waals surface area contributed by atoms with E-state index in [4.69, 9.17) is 17.2 Å². The number of rotatable bonds is 16. The first-order valence-electron chi connectivity index (χ1n) is 10.4. The van der Waals surface area contributed by atoms with Crippen molar-refractivity contribution in [1.82, 2.24) is 10.7 Å². The number of hydrazone groups is 1. The van der Waals surface area contributed by atoms with Crippen molar-refractivity contribution in [3.63, 3.8) is 0 Å². The molecule has 0 spiro atoms. The third kappa shape index (κ3) is 18.6. The lowest BCUT2D eigenvalue weighted by Gasteiger charge is -2.05. The van der Waals surface area contributed by atoms with Gasteiger partial charge in [0.25, 0.3) is 0 Å². The molecule has 0 bridgehead atoms. The Labute approximate surface area is 165 Å². The van der Waals surface area contributed by atoms with Crippen molar-refractivity contribution in [2.24, 2.45) is 32.3 Å². The van der Waals surface area contributed by atoms with Crippen molar-refractivity contribution >= 4 is 17.8 Å². The van der Waals surface area contributed by atoms with Gasteiger partial charge in [-0.15, -0.1) is 0 Å². The van der Waals surface area contributed by atoms with E-state index in [1.807, 2.05) is 0 Å². The summed E-state index contributed by atoms with van der Waals surface area (Å²) < 4.78 is 0. The van der Waals surface area contributed by atoms with Gasteiger partial charge in [-0.05, 0) is 19.3 Å². The van der Waals surface area contributed by atoms with Crippen LogP contribution in [0.25, 0.3) is 0 Å². The summed E-state index contributed by atoms with van der Waals surface area (Å²) in [6.07, 6.45) is 13.8. The Morgan fingerprint density at radius 3 is 2.11 bits per heavy atom. The highest BCUT2D eigenvalue weighted by Crippen LogP contribution is 2.05. The first-order chi connectivity index (χ1) is 13.1. The maximum Gasteiger partial charge on any atom is 0.209 e. The van der Waals surface area contributed by atoms with E-state index in [1.54, 1.807) is 7.05 Å². The van der Waals surface area contributed by atoms with Gasteiger partial charge >= 0.3 is 0 Å². The number of nitrogens with zero attached hydrogens (tertiary/aromatic N) is 3. The van der Waals surface area contributed by atoms with Crippen LogP contribution >= 0.6 is 0 Å². The van der Waals surface area contributed by atoms with E-state index in [0.29, 0.717) is 17.8 Å². The number of nitrogens with one attached hydrogen (secondary N) is 2. The zero-order valence-corrected chi connectivity index (χ0v) is 17.5. The molecular weight excluding hydrogens is 340 g/mol. The average molecular weight is 383 g/mol. The largest absolute Gasteiger partial charge is 0.386 e. The lowest BCUT2D eigenvalue weighted by molar-refractivity contribution is 0.611. The molecule has 0 aliphatic rings. The van der Waals surface area contributed by atoms with Crippen LogP contribution in [-0.2, 0) is 0 Å². The second-order valence-corrected chi connectivity index (χ2v) is 6.80. The average Bonchev–Trinajstić information content (AvgIpc) is 2.67. The number of aliphatic imine (C=N–C) groups is 2. The molecule has 8 heteroatoms. The molecule has 0 aliphatic heterocycles. The standard InChI is InChI=1S/C19H42N8/c1-3-4-5-6-9-13-16-25-19(22)27-26-17(20)14-11-8-7-10-12-15-24-18(21)23-2/h3-16H2,1-2H3,(H2,20,26)(H3,21,23,24)(H3,22,25,27). The molecule has 0 aliphatic carbocycles. The molecule has 0 unspecified atom stereocenters. The summed E-state index contributed by atoms with van der Waals surface area (Å²) in [5, 5.41) is 7.15. The van der Waals surface area contributed by atoms with Crippen LogP contribution in [0.3, 0.4) is 0 Å². The van der Waals surface area contributed by atoms with E-state index in [2.05, 4.69) is 32.8 Å². The van der Waals surface area contributed by atoms with E-state index < -0.39 is 0 Å². The van der Waals surface area contributed by atoms with E-state index in [-0.39, 0.29) is 0 Å². The third-order valence-corrected chi connectivity index (χ3v) is 4.26. The van der Waals surface area contributed by atoms with Crippen LogP contribution in [0.2, 0.25) is 0 Å². The Hall–Kier alpha value is -1.99. The van der Waals surface area contributed by atoms with Crippen molar-refractivity contribution in [2.75, 3.05) is 20.1 Å². The minimum Gasteiger partial charge on any atom is -0.386 e. The monoisotopic (exact) mass is 382 g/mol. The molecular formula is C19H42N8. The summed E-state index contributed by atoms with van der Waals surface area (Å²) in [5.74, 6) is 1.41. The van der Waals surface area contributed by atoms with Gasteiger partial charge in [0.15, 0.2) is 5.96 Å². The fraction of sp³-hybridized carbons (Fsp3) is 0.842. The van der Waals surface area contributed by atoms with Crippen LogP contribution in [0.5, 0.6) is 0 Å². The predicted molar refractivity (Wildman–Crippen MR) is 118 cm³/mol. The molecule has 0 aromatic heterocycles. The van der Waals surface area contributed by atoms with E-state index in [9.17, 15) is 0 Å². The Balaban J connectivity index is 3.59. The Kier molecular flexibility index (Phi) is 17.4. The van der Waals surface area contributed by atoms with Crippen LogP contribution in [0.4, 0.5) is 0 Å². The van der Waals surface area contributed by atoms with Crippen LogP contribution in [0, 0.1) is 0 Å². The first kappa shape index (κ1) is 25.0. The lowest BCUT2D eigenvalue weighted by atomic mass is 10.1. The van der Waals surface area contributed by atoms with Crippen LogP contribution in [-0.4, -0.2) is 37.9 Å². The van der Waals surface area contributed by atoms with Crippen molar-refractivity contribution in [3.05, 3.63) is 0 Å².